The van der Waals surface area contributed by atoms with E-state index in [-0.39, 0.29) is 48.1 Å². The molecular weight excluding hydrogens is 488 g/mol. The molecule has 0 aromatic rings. The molecule has 11 atom stereocenters. The van der Waals surface area contributed by atoms with Crippen molar-refractivity contribution in [2.75, 3.05) is 6.61 Å². The maximum atomic E-state index is 13.4. The molecule has 2 heterocycles. The molecule has 0 aromatic heterocycles. The van der Waals surface area contributed by atoms with Crippen molar-refractivity contribution in [3.63, 3.8) is 0 Å². The summed E-state index contributed by atoms with van der Waals surface area (Å²) in [6.07, 6.45) is 5.53. The van der Waals surface area contributed by atoms with Crippen LogP contribution in [-0.2, 0) is 28.6 Å². The van der Waals surface area contributed by atoms with Gasteiger partial charge < -0.3 is 24.4 Å². The van der Waals surface area contributed by atoms with Crippen LogP contribution in [0.5, 0.6) is 0 Å². The van der Waals surface area contributed by atoms with E-state index < -0.39 is 40.2 Å². The standard InChI is InChI=1S/C30H40O8/c1-15-12-24(37-26(34)16(15)2)28(5,35)21-7-6-20-18-13-25-30(38-25)23(33)9-8-22(32)27(30,4)19(18)10-11-29(20,21)14-36-17(3)31/h8-9,18-21,23-25,33,35H,6-7,10-14H2,1-5H3/t18?,19?,20?,21?,23-,24+,25+,27-,28+,29+,30+/m0/s1. The summed E-state index contributed by atoms with van der Waals surface area (Å²) in [4.78, 5) is 38.1. The van der Waals surface area contributed by atoms with Crippen LogP contribution in [0.4, 0.5) is 0 Å². The summed E-state index contributed by atoms with van der Waals surface area (Å²) in [5, 5.41) is 23.1. The molecule has 4 aliphatic carbocycles. The molecule has 4 fully saturated rings. The SMILES string of the molecule is CC(=O)OC[C@]12CCC3C(C[C@H]4O[C@]45[C@@H](O)C=CC(=O)[C@]35C)C1CCC2[C@@](C)(O)[C@H]1CC(C)=C(C)C(=O)O1. The lowest BCUT2D eigenvalue weighted by atomic mass is 9.44. The van der Waals surface area contributed by atoms with Crippen LogP contribution in [0.15, 0.2) is 23.3 Å². The van der Waals surface area contributed by atoms with Crippen LogP contribution >= 0.6 is 0 Å². The molecule has 3 saturated carbocycles. The predicted molar refractivity (Wildman–Crippen MR) is 135 cm³/mol. The van der Waals surface area contributed by atoms with Crippen LogP contribution in [0.2, 0.25) is 0 Å². The van der Waals surface area contributed by atoms with Gasteiger partial charge in [0.25, 0.3) is 0 Å². The zero-order chi connectivity index (χ0) is 27.4. The number of aliphatic hydroxyl groups is 2. The van der Waals surface area contributed by atoms with Gasteiger partial charge >= 0.3 is 11.9 Å². The fraction of sp³-hybridized carbons (Fsp3) is 0.767. The van der Waals surface area contributed by atoms with Crippen molar-refractivity contribution in [2.24, 2.45) is 34.5 Å². The summed E-state index contributed by atoms with van der Waals surface area (Å²) in [6.45, 7) is 9.00. The maximum Gasteiger partial charge on any atom is 0.334 e. The normalized spacial score (nSPS) is 48.8. The molecule has 2 N–H and O–H groups in total. The van der Waals surface area contributed by atoms with Crippen LogP contribution in [-0.4, -0.2) is 64.1 Å². The van der Waals surface area contributed by atoms with E-state index in [2.05, 4.69) is 0 Å². The second-order valence-corrected chi connectivity index (χ2v) is 13.3. The first kappa shape index (κ1) is 26.2. The van der Waals surface area contributed by atoms with Gasteiger partial charge in [0.05, 0.1) is 18.1 Å². The van der Waals surface area contributed by atoms with Crippen LogP contribution in [0, 0.1) is 34.5 Å². The average molecular weight is 529 g/mol. The van der Waals surface area contributed by atoms with E-state index >= 15 is 0 Å². The van der Waals surface area contributed by atoms with Gasteiger partial charge in [0.15, 0.2) is 5.78 Å². The van der Waals surface area contributed by atoms with Crippen LogP contribution in [0.1, 0.15) is 73.1 Å². The lowest BCUT2D eigenvalue weighted by Crippen LogP contribution is -2.65. The number of ketones is 1. The Labute approximate surface area is 223 Å². The Morgan fingerprint density at radius 2 is 1.95 bits per heavy atom. The molecule has 1 saturated heterocycles. The number of ether oxygens (including phenoxy) is 3. The number of allylic oxidation sites excluding steroid dienone is 1. The third kappa shape index (κ3) is 3.17. The molecule has 8 heteroatoms. The fourth-order valence-corrected chi connectivity index (χ4v) is 9.80. The predicted octanol–water partition coefficient (Wildman–Crippen LogP) is 3.04. The van der Waals surface area contributed by atoms with E-state index in [9.17, 15) is 24.6 Å². The molecule has 208 valence electrons. The number of hydrogen-bond donors (Lipinski definition) is 2. The lowest BCUT2D eigenvalue weighted by Gasteiger charge is -2.59. The number of carbonyl (C=O) groups excluding carboxylic acids is 3. The van der Waals surface area contributed by atoms with Gasteiger partial charge in [0.2, 0.25) is 0 Å². The van der Waals surface area contributed by atoms with Gasteiger partial charge in [-0.1, -0.05) is 5.57 Å². The highest BCUT2D eigenvalue weighted by Crippen LogP contribution is 2.73. The van der Waals surface area contributed by atoms with E-state index in [1.807, 2.05) is 13.8 Å². The Morgan fingerprint density at radius 3 is 2.63 bits per heavy atom. The van der Waals surface area contributed by atoms with Crippen molar-refractivity contribution in [3.05, 3.63) is 23.3 Å². The van der Waals surface area contributed by atoms with Crippen molar-refractivity contribution in [1.29, 1.82) is 0 Å². The molecular formula is C30H40O8. The summed E-state index contributed by atoms with van der Waals surface area (Å²) in [5.74, 6) is -0.739. The molecule has 6 rings (SSSR count). The maximum absolute atomic E-state index is 13.4. The summed E-state index contributed by atoms with van der Waals surface area (Å²) in [6, 6.07) is 0. The largest absolute Gasteiger partial charge is 0.465 e. The molecule has 6 aliphatic rings. The smallest absolute Gasteiger partial charge is 0.334 e. The number of esters is 2. The van der Waals surface area contributed by atoms with Crippen LogP contribution < -0.4 is 0 Å². The highest BCUT2D eigenvalue weighted by Gasteiger charge is 2.80. The monoisotopic (exact) mass is 528 g/mol. The minimum absolute atomic E-state index is 0.0146. The van der Waals surface area contributed by atoms with Crippen molar-refractivity contribution in [1.82, 2.24) is 0 Å². The van der Waals surface area contributed by atoms with Gasteiger partial charge in [0.1, 0.15) is 23.4 Å². The first-order chi connectivity index (χ1) is 17.8. The molecule has 2 aliphatic heterocycles. The summed E-state index contributed by atoms with van der Waals surface area (Å²) in [7, 11) is 0. The molecule has 0 bridgehead atoms. The fourth-order valence-electron chi connectivity index (χ4n) is 9.80. The first-order valence-electron chi connectivity index (χ1n) is 14.1. The molecule has 4 unspecified atom stereocenters. The van der Waals surface area contributed by atoms with Gasteiger partial charge in [-0.3, -0.25) is 9.59 Å². The van der Waals surface area contributed by atoms with E-state index in [1.54, 1.807) is 19.9 Å². The van der Waals surface area contributed by atoms with Gasteiger partial charge in [-0.25, -0.2) is 4.79 Å². The third-order valence-electron chi connectivity index (χ3n) is 11.9. The van der Waals surface area contributed by atoms with Crippen molar-refractivity contribution < 1.29 is 38.8 Å². The van der Waals surface area contributed by atoms with Gasteiger partial charge in [0, 0.05) is 30.3 Å². The molecule has 38 heavy (non-hydrogen) atoms. The van der Waals surface area contributed by atoms with Gasteiger partial charge in [-0.15, -0.1) is 0 Å². The Morgan fingerprint density at radius 1 is 1.21 bits per heavy atom. The second-order valence-electron chi connectivity index (χ2n) is 13.3. The highest BCUT2D eigenvalue weighted by atomic mass is 16.6. The summed E-state index contributed by atoms with van der Waals surface area (Å²) in [5.41, 5.74) is -1.99. The zero-order valence-electron chi connectivity index (χ0n) is 23.0. The van der Waals surface area contributed by atoms with E-state index in [1.165, 1.54) is 13.0 Å². The Hall–Kier alpha value is -2.03. The van der Waals surface area contributed by atoms with Crippen molar-refractivity contribution in [2.45, 2.75) is 103 Å². The zero-order valence-corrected chi connectivity index (χ0v) is 23.0. The number of fused-ring (bicyclic) bond motifs is 4. The van der Waals surface area contributed by atoms with E-state index in [0.717, 1.165) is 18.4 Å². The van der Waals surface area contributed by atoms with Crippen LogP contribution in [0.3, 0.4) is 0 Å². The molecule has 0 aromatic carbocycles. The third-order valence-corrected chi connectivity index (χ3v) is 11.9. The highest BCUT2D eigenvalue weighted by molar-refractivity contribution is 5.98. The molecule has 8 nitrogen and oxygen atoms in total. The number of rotatable bonds is 4. The number of cyclic esters (lactones) is 1. The Kier molecular flexibility index (Phi) is 5.68. The van der Waals surface area contributed by atoms with E-state index in [0.29, 0.717) is 31.3 Å². The molecule has 0 amide bonds. The summed E-state index contributed by atoms with van der Waals surface area (Å²) >= 11 is 0. The first-order valence-corrected chi connectivity index (χ1v) is 14.1. The number of aliphatic hydroxyl groups excluding tert-OH is 1. The quantitative estimate of drug-likeness (QED) is 0.422. The average Bonchev–Trinajstić information content (AvgIpc) is 3.47. The second kappa shape index (κ2) is 8.24. The number of carbonyl (C=O) groups is 3. The van der Waals surface area contributed by atoms with Crippen LogP contribution in [0.25, 0.3) is 0 Å². The topological polar surface area (TPSA) is 123 Å². The minimum atomic E-state index is -1.32. The van der Waals surface area contributed by atoms with Crippen molar-refractivity contribution >= 4 is 17.7 Å². The number of epoxide rings is 1. The minimum Gasteiger partial charge on any atom is -0.465 e. The van der Waals surface area contributed by atoms with Gasteiger partial charge in [-0.2, -0.15) is 0 Å². The van der Waals surface area contributed by atoms with Crippen molar-refractivity contribution in [3.8, 4) is 0 Å². The van der Waals surface area contributed by atoms with E-state index in [4.69, 9.17) is 14.2 Å². The Bertz CT molecular complexity index is 1150. The summed E-state index contributed by atoms with van der Waals surface area (Å²) < 4.78 is 17.7. The molecule has 1 spiro atoms. The lowest BCUT2D eigenvalue weighted by molar-refractivity contribution is -0.196. The van der Waals surface area contributed by atoms with Gasteiger partial charge in [-0.05, 0) is 89.7 Å². The molecule has 0 radical (unpaired) electrons. The number of hydrogen-bond acceptors (Lipinski definition) is 8. The Balaban J connectivity index is 1.37.